The van der Waals surface area contributed by atoms with Crippen molar-refractivity contribution in [2.75, 3.05) is 18.4 Å². The quantitative estimate of drug-likeness (QED) is 0.720. The molecule has 1 aromatic carbocycles. The standard InChI is InChI=1S/C19H24BrN3O2S/c1-13-4-3-9-23(10-13)11-16-12-26-19(21-16)22-18(24)14(2)25-17-7-5-15(20)6-8-17/h5-8,12-14H,3-4,9-11H2,1-2H3,(H,21,22,24)/t13-,14+/m0/s1. The summed E-state index contributed by atoms with van der Waals surface area (Å²) in [7, 11) is 0. The molecule has 2 heterocycles. The smallest absolute Gasteiger partial charge is 0.266 e. The summed E-state index contributed by atoms with van der Waals surface area (Å²) in [6, 6.07) is 7.42. The number of anilines is 1. The van der Waals surface area contributed by atoms with E-state index in [4.69, 9.17) is 4.74 Å². The molecule has 0 unspecified atom stereocenters. The summed E-state index contributed by atoms with van der Waals surface area (Å²) >= 11 is 4.84. The first-order chi connectivity index (χ1) is 12.5. The summed E-state index contributed by atoms with van der Waals surface area (Å²) in [5.74, 6) is 1.22. The van der Waals surface area contributed by atoms with Gasteiger partial charge in [-0.1, -0.05) is 22.9 Å². The fraction of sp³-hybridized carbons (Fsp3) is 0.474. The van der Waals surface area contributed by atoms with Crippen LogP contribution in [0.2, 0.25) is 0 Å². The Morgan fingerprint density at radius 2 is 2.23 bits per heavy atom. The molecule has 3 rings (SSSR count). The first-order valence-corrected chi connectivity index (χ1v) is 10.6. The van der Waals surface area contributed by atoms with Crippen molar-refractivity contribution >= 4 is 38.3 Å². The first kappa shape index (κ1) is 19.3. The average Bonchev–Trinajstić information content (AvgIpc) is 3.03. The van der Waals surface area contributed by atoms with Gasteiger partial charge < -0.3 is 4.74 Å². The number of carbonyl (C=O) groups is 1. The maximum atomic E-state index is 12.3. The van der Waals surface area contributed by atoms with Crippen LogP contribution in [0.25, 0.3) is 0 Å². The van der Waals surface area contributed by atoms with Gasteiger partial charge in [0, 0.05) is 22.9 Å². The molecule has 1 saturated heterocycles. The highest BCUT2D eigenvalue weighted by Crippen LogP contribution is 2.22. The number of benzene rings is 1. The van der Waals surface area contributed by atoms with Crippen LogP contribution in [0, 0.1) is 5.92 Å². The zero-order valence-electron chi connectivity index (χ0n) is 15.1. The van der Waals surface area contributed by atoms with Crippen LogP contribution in [-0.4, -0.2) is 35.0 Å². The van der Waals surface area contributed by atoms with Gasteiger partial charge in [-0.3, -0.25) is 15.0 Å². The molecule has 0 spiro atoms. The average molecular weight is 438 g/mol. The maximum Gasteiger partial charge on any atom is 0.266 e. The van der Waals surface area contributed by atoms with Crippen molar-refractivity contribution in [1.29, 1.82) is 0 Å². The van der Waals surface area contributed by atoms with E-state index in [-0.39, 0.29) is 5.91 Å². The number of amides is 1. The minimum Gasteiger partial charge on any atom is -0.481 e. The molecule has 5 nitrogen and oxygen atoms in total. The lowest BCUT2D eigenvalue weighted by Gasteiger charge is -2.30. The molecule has 0 radical (unpaired) electrons. The fourth-order valence-corrected chi connectivity index (χ4v) is 4.04. The van der Waals surface area contributed by atoms with Crippen LogP contribution in [0.3, 0.4) is 0 Å². The number of aromatic nitrogens is 1. The number of rotatable bonds is 6. The van der Waals surface area contributed by atoms with E-state index in [1.165, 1.54) is 24.2 Å². The lowest BCUT2D eigenvalue weighted by molar-refractivity contribution is -0.122. The first-order valence-electron chi connectivity index (χ1n) is 8.89. The number of thiazole rings is 1. The van der Waals surface area contributed by atoms with E-state index >= 15 is 0 Å². The van der Waals surface area contributed by atoms with Gasteiger partial charge in [-0.25, -0.2) is 4.98 Å². The monoisotopic (exact) mass is 437 g/mol. The van der Waals surface area contributed by atoms with Crippen LogP contribution in [0.1, 0.15) is 32.4 Å². The number of hydrogen-bond donors (Lipinski definition) is 1. The molecule has 26 heavy (non-hydrogen) atoms. The topological polar surface area (TPSA) is 54.5 Å². The van der Waals surface area contributed by atoms with E-state index in [0.29, 0.717) is 10.9 Å². The van der Waals surface area contributed by atoms with E-state index in [9.17, 15) is 4.79 Å². The van der Waals surface area contributed by atoms with Crippen molar-refractivity contribution in [3.05, 3.63) is 39.8 Å². The predicted molar refractivity (Wildman–Crippen MR) is 109 cm³/mol. The number of nitrogens with zero attached hydrogens (tertiary/aromatic N) is 2. The third-order valence-electron chi connectivity index (χ3n) is 4.40. The molecular weight excluding hydrogens is 414 g/mol. The van der Waals surface area contributed by atoms with Gasteiger partial charge in [0.1, 0.15) is 5.75 Å². The van der Waals surface area contributed by atoms with Crippen molar-refractivity contribution in [3.8, 4) is 5.75 Å². The largest absolute Gasteiger partial charge is 0.481 e. The van der Waals surface area contributed by atoms with Gasteiger partial charge in [0.2, 0.25) is 0 Å². The summed E-state index contributed by atoms with van der Waals surface area (Å²) in [4.78, 5) is 19.3. The molecule has 1 aromatic heterocycles. The number of hydrogen-bond acceptors (Lipinski definition) is 5. The summed E-state index contributed by atoms with van der Waals surface area (Å²) in [5, 5.41) is 5.50. The number of piperidine rings is 1. The van der Waals surface area contributed by atoms with E-state index in [0.717, 1.165) is 35.7 Å². The van der Waals surface area contributed by atoms with Gasteiger partial charge in [0.15, 0.2) is 11.2 Å². The Morgan fingerprint density at radius 1 is 1.46 bits per heavy atom. The van der Waals surface area contributed by atoms with Crippen LogP contribution in [-0.2, 0) is 11.3 Å². The van der Waals surface area contributed by atoms with Crippen molar-refractivity contribution in [1.82, 2.24) is 9.88 Å². The second-order valence-corrected chi connectivity index (χ2v) is 8.60. The van der Waals surface area contributed by atoms with Crippen molar-refractivity contribution in [2.45, 2.75) is 39.3 Å². The Balaban J connectivity index is 1.51. The minimum absolute atomic E-state index is 0.194. The molecule has 0 bridgehead atoms. The molecule has 1 aliphatic heterocycles. The zero-order chi connectivity index (χ0) is 18.5. The highest BCUT2D eigenvalue weighted by atomic mass is 79.9. The molecule has 1 amide bonds. The van der Waals surface area contributed by atoms with Gasteiger partial charge in [-0.2, -0.15) is 0 Å². The van der Waals surface area contributed by atoms with Gasteiger partial charge >= 0.3 is 0 Å². The third-order valence-corrected chi connectivity index (χ3v) is 5.74. The lowest BCUT2D eigenvalue weighted by atomic mass is 10.0. The molecule has 2 aromatic rings. The highest BCUT2D eigenvalue weighted by Gasteiger charge is 2.19. The van der Waals surface area contributed by atoms with E-state index in [2.05, 4.69) is 38.1 Å². The maximum absolute atomic E-state index is 12.3. The molecule has 140 valence electrons. The summed E-state index contributed by atoms with van der Waals surface area (Å²) in [6.07, 6.45) is 1.97. The van der Waals surface area contributed by atoms with Crippen LogP contribution < -0.4 is 10.1 Å². The Kier molecular flexibility index (Phi) is 6.67. The van der Waals surface area contributed by atoms with Crippen molar-refractivity contribution < 1.29 is 9.53 Å². The highest BCUT2D eigenvalue weighted by molar-refractivity contribution is 9.10. The number of nitrogens with one attached hydrogen (secondary N) is 1. The minimum atomic E-state index is -0.591. The van der Waals surface area contributed by atoms with Gasteiger partial charge in [-0.15, -0.1) is 11.3 Å². The molecule has 7 heteroatoms. The summed E-state index contributed by atoms with van der Waals surface area (Å²) < 4.78 is 6.65. The Hall–Kier alpha value is -1.44. The number of likely N-dealkylation sites (tertiary alicyclic amines) is 1. The van der Waals surface area contributed by atoms with Crippen molar-refractivity contribution in [2.24, 2.45) is 5.92 Å². The summed E-state index contributed by atoms with van der Waals surface area (Å²) in [5.41, 5.74) is 1.01. The summed E-state index contributed by atoms with van der Waals surface area (Å²) in [6.45, 7) is 7.13. The normalized spacial score (nSPS) is 19.1. The molecule has 1 fully saturated rings. The van der Waals surface area contributed by atoms with E-state index in [1.54, 1.807) is 6.92 Å². The molecule has 1 N–H and O–H groups in total. The Bertz CT molecular complexity index is 735. The molecule has 0 saturated carbocycles. The van der Waals surface area contributed by atoms with Crippen LogP contribution >= 0.6 is 27.3 Å². The van der Waals surface area contributed by atoms with Gasteiger partial charge in [0.25, 0.3) is 5.91 Å². The van der Waals surface area contributed by atoms with Gasteiger partial charge in [0.05, 0.1) is 5.69 Å². The Morgan fingerprint density at radius 3 is 2.96 bits per heavy atom. The van der Waals surface area contributed by atoms with Gasteiger partial charge in [-0.05, 0) is 56.5 Å². The SMILES string of the molecule is C[C@H]1CCCN(Cc2csc(NC(=O)[C@@H](C)Oc3ccc(Br)cc3)n2)C1. The number of ether oxygens (including phenoxy) is 1. The van der Waals surface area contributed by atoms with Crippen LogP contribution in [0.5, 0.6) is 5.75 Å². The van der Waals surface area contributed by atoms with Crippen molar-refractivity contribution in [3.63, 3.8) is 0 Å². The molecule has 0 aliphatic carbocycles. The Labute approximate surface area is 166 Å². The van der Waals surface area contributed by atoms with Crippen LogP contribution in [0.4, 0.5) is 5.13 Å². The lowest BCUT2D eigenvalue weighted by Crippen LogP contribution is -2.33. The third kappa shape index (κ3) is 5.53. The molecule has 1 aliphatic rings. The number of halogens is 1. The second kappa shape index (κ2) is 8.97. The number of carbonyl (C=O) groups excluding carboxylic acids is 1. The zero-order valence-corrected chi connectivity index (χ0v) is 17.5. The van der Waals surface area contributed by atoms with E-state index in [1.807, 2.05) is 29.6 Å². The predicted octanol–water partition coefficient (Wildman–Crippen LogP) is 4.54. The van der Waals surface area contributed by atoms with E-state index < -0.39 is 6.10 Å². The molecule has 2 atom stereocenters. The second-order valence-electron chi connectivity index (χ2n) is 6.83. The fourth-order valence-electron chi connectivity index (χ4n) is 3.07. The molecular formula is C19H24BrN3O2S. The van der Waals surface area contributed by atoms with Crippen LogP contribution in [0.15, 0.2) is 34.1 Å².